The molecule has 0 aromatic heterocycles. The topological polar surface area (TPSA) is 29.5 Å². The number of hydrogen-bond acceptors (Lipinski definition) is 3. The Morgan fingerprint density at radius 1 is 1.40 bits per heavy atom. The summed E-state index contributed by atoms with van der Waals surface area (Å²) in [5.41, 5.74) is 0.106. The van der Waals surface area contributed by atoms with E-state index in [9.17, 15) is 9.18 Å². The van der Waals surface area contributed by atoms with Gasteiger partial charge in [-0.2, -0.15) is 0 Å². The van der Waals surface area contributed by atoms with Gasteiger partial charge in [-0.3, -0.25) is 4.79 Å². The van der Waals surface area contributed by atoms with Crippen molar-refractivity contribution in [3.8, 4) is 5.75 Å². The Morgan fingerprint density at radius 2 is 2.05 bits per heavy atom. The largest absolute Gasteiger partial charge is 0.496 e. The molecule has 0 aliphatic carbocycles. The lowest BCUT2D eigenvalue weighted by atomic mass is 9.68. The minimum atomic E-state index is -0.602. The first-order valence-electron chi connectivity index (χ1n) is 7.09. The first-order chi connectivity index (χ1) is 9.53. The molecule has 1 fully saturated rings. The van der Waals surface area contributed by atoms with E-state index in [-0.39, 0.29) is 11.6 Å². The molecule has 0 spiro atoms. The molecule has 1 aliphatic rings. The number of Topliss-reactive ketones (excluding diaryl/α,β-unsaturated/α-hetero) is 1. The number of nitrogens with zero attached hydrogens (tertiary/aromatic N) is 1. The summed E-state index contributed by atoms with van der Waals surface area (Å²) in [5, 5.41) is 0. The Labute approximate surface area is 119 Å². The number of methoxy groups -OCH3 is 1. The number of ketones is 1. The SMILES string of the molecule is CCC(=O)C1(c2cc(F)ccc2OC)CCN(C)CC1. The van der Waals surface area contributed by atoms with E-state index in [0.29, 0.717) is 17.7 Å². The summed E-state index contributed by atoms with van der Waals surface area (Å²) >= 11 is 0. The summed E-state index contributed by atoms with van der Waals surface area (Å²) in [6.07, 6.45) is 1.90. The van der Waals surface area contributed by atoms with Gasteiger partial charge in [-0.15, -0.1) is 0 Å². The molecular formula is C16H22FNO2. The average Bonchev–Trinajstić information content (AvgIpc) is 2.47. The van der Waals surface area contributed by atoms with Crippen LogP contribution in [-0.2, 0) is 10.2 Å². The number of ether oxygens (including phenoxy) is 1. The molecule has 0 N–H and O–H groups in total. The minimum absolute atomic E-state index is 0.175. The highest BCUT2D eigenvalue weighted by Gasteiger charge is 2.43. The maximum atomic E-state index is 13.7. The number of halogens is 1. The molecule has 1 saturated heterocycles. The smallest absolute Gasteiger partial charge is 0.143 e. The summed E-state index contributed by atoms with van der Waals surface area (Å²) in [4.78, 5) is 14.8. The molecule has 3 nitrogen and oxygen atoms in total. The molecule has 4 heteroatoms. The summed E-state index contributed by atoms with van der Waals surface area (Å²) in [6, 6.07) is 4.47. The van der Waals surface area contributed by atoms with E-state index in [1.54, 1.807) is 13.2 Å². The summed E-state index contributed by atoms with van der Waals surface area (Å²) in [6.45, 7) is 3.55. The fraction of sp³-hybridized carbons (Fsp3) is 0.562. The van der Waals surface area contributed by atoms with Crippen molar-refractivity contribution >= 4 is 5.78 Å². The number of likely N-dealkylation sites (tertiary alicyclic amines) is 1. The lowest BCUT2D eigenvalue weighted by Crippen LogP contribution is -2.46. The molecule has 0 radical (unpaired) electrons. The monoisotopic (exact) mass is 279 g/mol. The zero-order valence-corrected chi connectivity index (χ0v) is 12.4. The van der Waals surface area contributed by atoms with Gasteiger partial charge in [-0.1, -0.05) is 6.92 Å². The second-order valence-electron chi connectivity index (χ2n) is 5.51. The van der Waals surface area contributed by atoms with Crippen molar-refractivity contribution in [2.24, 2.45) is 0 Å². The van der Waals surface area contributed by atoms with Crippen LogP contribution in [0.5, 0.6) is 5.75 Å². The molecule has 0 amide bonds. The number of carbonyl (C=O) groups is 1. The van der Waals surface area contributed by atoms with Crippen molar-refractivity contribution in [2.75, 3.05) is 27.2 Å². The van der Waals surface area contributed by atoms with Crippen LogP contribution in [0.3, 0.4) is 0 Å². The number of piperidine rings is 1. The predicted molar refractivity (Wildman–Crippen MR) is 76.7 cm³/mol. The van der Waals surface area contributed by atoms with Gasteiger partial charge in [0.2, 0.25) is 0 Å². The third-order valence-corrected chi connectivity index (χ3v) is 4.37. The van der Waals surface area contributed by atoms with Crippen LogP contribution in [0.15, 0.2) is 18.2 Å². The van der Waals surface area contributed by atoms with Gasteiger partial charge in [-0.05, 0) is 51.2 Å². The second kappa shape index (κ2) is 5.92. The highest BCUT2D eigenvalue weighted by Crippen LogP contribution is 2.41. The highest BCUT2D eigenvalue weighted by molar-refractivity contribution is 5.91. The maximum Gasteiger partial charge on any atom is 0.143 e. The first-order valence-corrected chi connectivity index (χ1v) is 7.09. The van der Waals surface area contributed by atoms with Gasteiger partial charge in [0, 0.05) is 12.0 Å². The van der Waals surface area contributed by atoms with E-state index < -0.39 is 5.41 Å². The van der Waals surface area contributed by atoms with Crippen molar-refractivity contribution in [1.82, 2.24) is 4.90 Å². The lowest BCUT2D eigenvalue weighted by Gasteiger charge is -2.40. The Hall–Kier alpha value is -1.42. The molecule has 1 aromatic carbocycles. The van der Waals surface area contributed by atoms with E-state index in [1.807, 2.05) is 14.0 Å². The van der Waals surface area contributed by atoms with E-state index >= 15 is 0 Å². The molecule has 0 bridgehead atoms. The van der Waals surface area contributed by atoms with Crippen LogP contribution in [-0.4, -0.2) is 37.9 Å². The summed E-state index contributed by atoms with van der Waals surface area (Å²) < 4.78 is 19.0. The van der Waals surface area contributed by atoms with Crippen molar-refractivity contribution in [2.45, 2.75) is 31.6 Å². The Bertz CT molecular complexity index is 493. The molecule has 20 heavy (non-hydrogen) atoms. The van der Waals surface area contributed by atoms with E-state index in [0.717, 1.165) is 25.9 Å². The van der Waals surface area contributed by atoms with E-state index in [1.165, 1.54) is 12.1 Å². The van der Waals surface area contributed by atoms with Gasteiger partial charge in [0.05, 0.1) is 12.5 Å². The van der Waals surface area contributed by atoms with E-state index in [2.05, 4.69) is 4.90 Å². The van der Waals surface area contributed by atoms with Gasteiger partial charge in [0.15, 0.2) is 0 Å². The van der Waals surface area contributed by atoms with Crippen LogP contribution in [0.4, 0.5) is 4.39 Å². The molecule has 0 atom stereocenters. The van der Waals surface area contributed by atoms with Crippen LogP contribution in [0.2, 0.25) is 0 Å². The van der Waals surface area contributed by atoms with Gasteiger partial charge in [0.1, 0.15) is 17.3 Å². The molecule has 110 valence electrons. The second-order valence-corrected chi connectivity index (χ2v) is 5.51. The standard InChI is InChI=1S/C16H22FNO2/c1-4-15(19)16(7-9-18(2)10-8-16)13-11-12(17)5-6-14(13)20-3/h5-6,11H,4,7-10H2,1-3H3. The third-order valence-electron chi connectivity index (χ3n) is 4.37. The lowest BCUT2D eigenvalue weighted by molar-refractivity contribution is -0.126. The van der Waals surface area contributed by atoms with Crippen molar-refractivity contribution in [3.05, 3.63) is 29.6 Å². The molecule has 1 aliphatic heterocycles. The number of rotatable bonds is 4. The molecule has 2 rings (SSSR count). The third kappa shape index (κ3) is 2.57. The average molecular weight is 279 g/mol. The highest BCUT2D eigenvalue weighted by atomic mass is 19.1. The zero-order valence-electron chi connectivity index (χ0n) is 12.4. The molecular weight excluding hydrogens is 257 g/mol. The normalized spacial score (nSPS) is 18.8. The Kier molecular flexibility index (Phi) is 4.43. The Morgan fingerprint density at radius 3 is 2.60 bits per heavy atom. The quantitative estimate of drug-likeness (QED) is 0.849. The number of hydrogen-bond donors (Lipinski definition) is 0. The fourth-order valence-corrected chi connectivity index (χ4v) is 3.09. The predicted octanol–water partition coefficient (Wildman–Crippen LogP) is 2.78. The van der Waals surface area contributed by atoms with Crippen LogP contribution in [0.25, 0.3) is 0 Å². The first kappa shape index (κ1) is 15.0. The van der Waals surface area contributed by atoms with Crippen LogP contribution >= 0.6 is 0 Å². The van der Waals surface area contributed by atoms with Crippen molar-refractivity contribution in [3.63, 3.8) is 0 Å². The number of carbonyl (C=O) groups excluding carboxylic acids is 1. The van der Waals surface area contributed by atoms with Crippen molar-refractivity contribution in [1.29, 1.82) is 0 Å². The maximum absolute atomic E-state index is 13.7. The Balaban J connectivity index is 2.52. The molecule has 1 aromatic rings. The van der Waals surface area contributed by atoms with Gasteiger partial charge in [0.25, 0.3) is 0 Å². The molecule has 1 heterocycles. The molecule has 0 saturated carbocycles. The minimum Gasteiger partial charge on any atom is -0.496 e. The fourth-order valence-electron chi connectivity index (χ4n) is 3.09. The van der Waals surface area contributed by atoms with Crippen LogP contribution in [0.1, 0.15) is 31.7 Å². The van der Waals surface area contributed by atoms with Gasteiger partial charge >= 0.3 is 0 Å². The zero-order chi connectivity index (χ0) is 14.8. The van der Waals surface area contributed by atoms with E-state index in [4.69, 9.17) is 4.74 Å². The summed E-state index contributed by atoms with van der Waals surface area (Å²) in [7, 11) is 3.61. The van der Waals surface area contributed by atoms with Crippen LogP contribution in [0, 0.1) is 5.82 Å². The summed E-state index contributed by atoms with van der Waals surface area (Å²) in [5.74, 6) is 0.468. The van der Waals surface area contributed by atoms with Gasteiger partial charge < -0.3 is 9.64 Å². The van der Waals surface area contributed by atoms with Gasteiger partial charge in [-0.25, -0.2) is 4.39 Å². The number of benzene rings is 1. The van der Waals surface area contributed by atoms with Crippen molar-refractivity contribution < 1.29 is 13.9 Å². The molecule has 0 unspecified atom stereocenters. The van der Waals surface area contributed by atoms with Crippen LogP contribution < -0.4 is 4.74 Å².